The Morgan fingerprint density at radius 2 is 2.23 bits per heavy atom. The summed E-state index contributed by atoms with van der Waals surface area (Å²) in [6.45, 7) is 1.03. The van der Waals surface area contributed by atoms with Crippen LogP contribution in [0.15, 0.2) is 24.5 Å². The molecular formula is C15H18F3N3O. The van der Waals surface area contributed by atoms with E-state index in [0.717, 1.165) is 16.6 Å². The predicted molar refractivity (Wildman–Crippen MR) is 76.1 cm³/mol. The molecule has 3 N–H and O–H groups in total. The minimum absolute atomic E-state index is 0.157. The molecule has 22 heavy (non-hydrogen) atoms. The Labute approximate surface area is 125 Å². The van der Waals surface area contributed by atoms with Gasteiger partial charge in [-0.25, -0.2) is 4.98 Å². The summed E-state index contributed by atoms with van der Waals surface area (Å²) in [5.41, 5.74) is -0.661. The number of aromatic nitrogens is 2. The number of hydrogen-bond donors (Lipinski definition) is 3. The van der Waals surface area contributed by atoms with E-state index >= 15 is 0 Å². The van der Waals surface area contributed by atoms with Gasteiger partial charge in [0.2, 0.25) is 0 Å². The van der Waals surface area contributed by atoms with Crippen LogP contribution in [0.4, 0.5) is 13.2 Å². The summed E-state index contributed by atoms with van der Waals surface area (Å²) < 4.78 is 38.3. The molecule has 0 radical (unpaired) electrons. The van der Waals surface area contributed by atoms with Crippen LogP contribution in [0.1, 0.15) is 24.8 Å². The Balaban J connectivity index is 1.55. The van der Waals surface area contributed by atoms with Crippen LogP contribution in [0, 0.1) is 5.92 Å². The molecule has 0 bridgehead atoms. The van der Waals surface area contributed by atoms with Crippen molar-refractivity contribution in [2.24, 2.45) is 5.92 Å². The normalized spacial score (nSPS) is 25.9. The first-order valence-corrected chi connectivity index (χ1v) is 7.30. The fourth-order valence-corrected chi connectivity index (χ4v) is 3.14. The number of aliphatic hydroxyl groups is 1. The van der Waals surface area contributed by atoms with Crippen molar-refractivity contribution in [2.75, 3.05) is 6.54 Å². The maximum atomic E-state index is 12.8. The summed E-state index contributed by atoms with van der Waals surface area (Å²) in [6, 6.07) is 3.82. The smallest absolute Gasteiger partial charge is 0.380 e. The summed E-state index contributed by atoms with van der Waals surface area (Å²) in [5.74, 6) is -0.157. The van der Waals surface area contributed by atoms with E-state index in [1.165, 1.54) is 0 Å². The van der Waals surface area contributed by atoms with Crippen LogP contribution in [0.25, 0.3) is 11.0 Å². The van der Waals surface area contributed by atoms with Crippen molar-refractivity contribution in [2.45, 2.75) is 37.6 Å². The van der Waals surface area contributed by atoms with E-state index in [4.69, 9.17) is 0 Å². The number of hydrogen-bond acceptors (Lipinski definition) is 3. The first kappa shape index (κ1) is 15.3. The Hall–Kier alpha value is -1.60. The van der Waals surface area contributed by atoms with Gasteiger partial charge >= 0.3 is 6.18 Å². The topological polar surface area (TPSA) is 60.9 Å². The molecule has 3 rings (SSSR count). The molecule has 1 saturated carbocycles. The number of rotatable bonds is 4. The van der Waals surface area contributed by atoms with Crippen molar-refractivity contribution in [3.05, 3.63) is 30.1 Å². The van der Waals surface area contributed by atoms with Gasteiger partial charge in [-0.2, -0.15) is 13.2 Å². The lowest BCUT2D eigenvalue weighted by Crippen LogP contribution is -2.43. The van der Waals surface area contributed by atoms with Gasteiger partial charge in [0.25, 0.3) is 0 Å². The van der Waals surface area contributed by atoms with Crippen LogP contribution < -0.4 is 5.32 Å². The molecule has 0 amide bonds. The average Bonchev–Trinajstić information content (AvgIpc) is 3.06. The van der Waals surface area contributed by atoms with Crippen molar-refractivity contribution in [3.63, 3.8) is 0 Å². The summed E-state index contributed by atoms with van der Waals surface area (Å²) >= 11 is 0. The molecular weight excluding hydrogens is 295 g/mol. The van der Waals surface area contributed by atoms with E-state index in [9.17, 15) is 18.3 Å². The molecule has 2 unspecified atom stereocenters. The number of halogens is 3. The summed E-state index contributed by atoms with van der Waals surface area (Å²) in [5, 5.41) is 13.9. The number of alkyl halides is 3. The zero-order valence-electron chi connectivity index (χ0n) is 12.0. The van der Waals surface area contributed by atoms with E-state index in [0.29, 0.717) is 19.5 Å². The largest absolute Gasteiger partial charge is 0.417 e. The van der Waals surface area contributed by atoms with Crippen LogP contribution >= 0.6 is 0 Å². The Bertz CT molecular complexity index is 655. The first-order chi connectivity index (χ1) is 10.4. The van der Waals surface area contributed by atoms with Gasteiger partial charge in [-0.05, 0) is 49.4 Å². The molecule has 7 heteroatoms. The molecule has 1 aliphatic carbocycles. The Morgan fingerprint density at radius 1 is 1.41 bits per heavy atom. The quantitative estimate of drug-likeness (QED) is 0.813. The SMILES string of the molecule is OC1(C(F)(F)F)CCC(CNCc2ccnc3[nH]ccc23)C1. The van der Waals surface area contributed by atoms with E-state index in [2.05, 4.69) is 15.3 Å². The van der Waals surface area contributed by atoms with Crippen LogP contribution in [0.2, 0.25) is 0 Å². The molecule has 120 valence electrons. The van der Waals surface area contributed by atoms with E-state index in [-0.39, 0.29) is 18.8 Å². The van der Waals surface area contributed by atoms with Crippen LogP contribution in [0.5, 0.6) is 0 Å². The molecule has 2 aromatic heterocycles. The van der Waals surface area contributed by atoms with Gasteiger partial charge < -0.3 is 15.4 Å². The highest BCUT2D eigenvalue weighted by Crippen LogP contribution is 2.45. The van der Waals surface area contributed by atoms with Gasteiger partial charge in [0, 0.05) is 24.3 Å². The van der Waals surface area contributed by atoms with Gasteiger partial charge in [-0.1, -0.05) is 0 Å². The second kappa shape index (κ2) is 5.55. The lowest BCUT2D eigenvalue weighted by Gasteiger charge is -2.25. The minimum atomic E-state index is -4.54. The Kier molecular flexibility index (Phi) is 3.86. The predicted octanol–water partition coefficient (Wildman–Crippen LogP) is 2.75. The van der Waals surface area contributed by atoms with Crippen molar-refractivity contribution in [1.29, 1.82) is 0 Å². The zero-order chi connectivity index (χ0) is 15.8. The third-order valence-corrected chi connectivity index (χ3v) is 4.42. The molecule has 0 aromatic carbocycles. The highest BCUT2D eigenvalue weighted by Gasteiger charge is 2.56. The van der Waals surface area contributed by atoms with Gasteiger partial charge in [0.1, 0.15) is 5.65 Å². The van der Waals surface area contributed by atoms with Gasteiger partial charge in [-0.15, -0.1) is 0 Å². The molecule has 0 saturated heterocycles. The molecule has 2 atom stereocenters. The molecule has 0 spiro atoms. The molecule has 0 aliphatic heterocycles. The van der Waals surface area contributed by atoms with E-state index in [1.807, 2.05) is 18.3 Å². The van der Waals surface area contributed by atoms with E-state index < -0.39 is 11.8 Å². The summed E-state index contributed by atoms with van der Waals surface area (Å²) in [6.07, 6.45) is -1.07. The number of nitrogens with one attached hydrogen (secondary N) is 2. The lowest BCUT2D eigenvalue weighted by atomic mass is 9.99. The highest BCUT2D eigenvalue weighted by molar-refractivity contribution is 5.79. The number of fused-ring (bicyclic) bond motifs is 1. The van der Waals surface area contributed by atoms with Crippen LogP contribution in [-0.2, 0) is 6.54 Å². The van der Waals surface area contributed by atoms with E-state index in [1.54, 1.807) is 6.20 Å². The highest BCUT2D eigenvalue weighted by atomic mass is 19.4. The molecule has 2 heterocycles. The van der Waals surface area contributed by atoms with Crippen LogP contribution in [0.3, 0.4) is 0 Å². The molecule has 4 nitrogen and oxygen atoms in total. The molecule has 2 aromatic rings. The maximum absolute atomic E-state index is 12.8. The molecule has 1 fully saturated rings. The first-order valence-electron chi connectivity index (χ1n) is 7.30. The zero-order valence-corrected chi connectivity index (χ0v) is 12.0. The van der Waals surface area contributed by atoms with Crippen molar-refractivity contribution >= 4 is 11.0 Å². The van der Waals surface area contributed by atoms with Gasteiger partial charge in [-0.3, -0.25) is 0 Å². The van der Waals surface area contributed by atoms with Crippen LogP contribution in [-0.4, -0.2) is 33.4 Å². The average molecular weight is 313 g/mol. The summed E-state index contributed by atoms with van der Waals surface area (Å²) in [7, 11) is 0. The van der Waals surface area contributed by atoms with Crippen molar-refractivity contribution in [1.82, 2.24) is 15.3 Å². The van der Waals surface area contributed by atoms with Gasteiger partial charge in [0.05, 0.1) is 0 Å². The number of H-pyrrole nitrogens is 1. The monoisotopic (exact) mass is 313 g/mol. The summed E-state index contributed by atoms with van der Waals surface area (Å²) in [4.78, 5) is 7.21. The standard InChI is InChI=1S/C15H18F3N3O/c16-15(17,18)14(22)4-1-10(7-14)8-19-9-11-2-5-20-13-12(11)3-6-21-13/h2-3,5-6,10,19,22H,1,4,7-9H2,(H,20,21). The lowest BCUT2D eigenvalue weighted by molar-refractivity contribution is -0.258. The fraction of sp³-hybridized carbons (Fsp3) is 0.533. The number of pyridine rings is 1. The minimum Gasteiger partial charge on any atom is -0.380 e. The number of nitrogens with zero attached hydrogens (tertiary/aromatic N) is 1. The Morgan fingerprint density at radius 3 is 2.95 bits per heavy atom. The third-order valence-electron chi connectivity index (χ3n) is 4.42. The maximum Gasteiger partial charge on any atom is 0.417 e. The second-order valence-electron chi connectivity index (χ2n) is 5.98. The third kappa shape index (κ3) is 2.83. The van der Waals surface area contributed by atoms with Gasteiger partial charge in [0.15, 0.2) is 5.60 Å². The second-order valence-corrected chi connectivity index (χ2v) is 5.98. The number of aromatic amines is 1. The van der Waals surface area contributed by atoms with Crippen molar-refractivity contribution < 1.29 is 18.3 Å². The fourth-order valence-electron chi connectivity index (χ4n) is 3.14. The van der Waals surface area contributed by atoms with Crippen molar-refractivity contribution in [3.8, 4) is 0 Å². The molecule has 1 aliphatic rings.